The van der Waals surface area contributed by atoms with Gasteiger partial charge in [0.2, 0.25) is 5.79 Å². The molecule has 2 aliphatic rings. The van der Waals surface area contributed by atoms with Crippen molar-refractivity contribution in [1.82, 2.24) is 0 Å². The van der Waals surface area contributed by atoms with Crippen LogP contribution >= 0.6 is 24.0 Å². The van der Waals surface area contributed by atoms with E-state index in [4.69, 9.17) is 31.2 Å². The largest absolute Gasteiger partial charge is 0.404 e. The van der Waals surface area contributed by atoms with Crippen LogP contribution in [0.4, 0.5) is 5.69 Å². The van der Waals surface area contributed by atoms with Gasteiger partial charge in [0.05, 0.1) is 24.5 Å². The minimum absolute atomic E-state index is 0.0742. The van der Waals surface area contributed by atoms with Crippen LogP contribution < -0.4 is 5.01 Å². The molecule has 1 aliphatic heterocycles. The molecule has 0 saturated carbocycles. The molecule has 0 N–H and O–H groups in total. The Morgan fingerprint density at radius 2 is 1.75 bits per heavy atom. The maximum Gasteiger partial charge on any atom is 0.208 e. The first-order valence-corrected chi connectivity index (χ1v) is 15.4. The van der Waals surface area contributed by atoms with Crippen molar-refractivity contribution in [2.75, 3.05) is 24.5 Å². The fraction of sp³-hybridized carbons (Fsp3) is 0.500. The van der Waals surface area contributed by atoms with Crippen LogP contribution in [0.5, 0.6) is 0 Å². The summed E-state index contributed by atoms with van der Waals surface area (Å²) in [6.07, 6.45) is 12.5. The third kappa shape index (κ3) is 5.79. The monoisotopic (exact) mass is 490 g/mol. The fourth-order valence-corrected chi connectivity index (χ4v) is 5.23. The average molecular weight is 491 g/mol. The Bertz CT molecular complexity index is 872. The highest BCUT2D eigenvalue weighted by atomic mass is 32.2. The van der Waals surface area contributed by atoms with Crippen LogP contribution in [0.3, 0.4) is 0 Å². The molecule has 1 aliphatic carbocycles. The number of ether oxygens (including phenoxy) is 2. The predicted octanol–water partition coefficient (Wildman–Crippen LogP) is 6.15. The predicted molar refractivity (Wildman–Crippen MR) is 142 cm³/mol. The van der Waals surface area contributed by atoms with Crippen molar-refractivity contribution in [3.63, 3.8) is 0 Å². The zero-order chi connectivity index (χ0) is 23.5. The van der Waals surface area contributed by atoms with Gasteiger partial charge in [-0.15, -0.1) is 0 Å². The molecule has 3 rings (SSSR count). The van der Waals surface area contributed by atoms with E-state index in [0.717, 1.165) is 5.69 Å². The van der Waals surface area contributed by atoms with Crippen LogP contribution in [0.2, 0.25) is 18.1 Å². The van der Waals surface area contributed by atoms with E-state index < -0.39 is 19.7 Å². The molecule has 1 fully saturated rings. The first kappa shape index (κ1) is 25.3. The van der Waals surface area contributed by atoms with Gasteiger partial charge in [-0.25, -0.2) is 5.01 Å². The second-order valence-electron chi connectivity index (χ2n) is 9.52. The average Bonchev–Trinajstić information content (AvgIpc) is 3.21. The van der Waals surface area contributed by atoms with Crippen LogP contribution in [0.1, 0.15) is 27.2 Å². The number of benzene rings is 1. The smallest absolute Gasteiger partial charge is 0.208 e. The Morgan fingerprint density at radius 1 is 1.16 bits per heavy atom. The second kappa shape index (κ2) is 9.91. The minimum Gasteiger partial charge on any atom is -0.404 e. The minimum atomic E-state index is -2.07. The van der Waals surface area contributed by atoms with E-state index in [1.807, 2.05) is 55.0 Å². The van der Waals surface area contributed by atoms with Gasteiger partial charge >= 0.3 is 0 Å². The lowest BCUT2D eigenvalue weighted by atomic mass is 9.92. The third-order valence-corrected chi connectivity index (χ3v) is 11.8. The first-order valence-electron chi connectivity index (χ1n) is 10.9. The SMILES string of the molecule is CSC(=S)N(/N=C/CC1(O[Si](C)(C)C(C)(C)C)C=CC2(C=C1)OCCO2)c1ccccc1. The van der Waals surface area contributed by atoms with Crippen LogP contribution in [0.15, 0.2) is 59.7 Å². The van der Waals surface area contributed by atoms with Crippen LogP contribution in [0, 0.1) is 0 Å². The van der Waals surface area contributed by atoms with Crippen molar-refractivity contribution in [3.05, 3.63) is 54.6 Å². The highest BCUT2D eigenvalue weighted by molar-refractivity contribution is 8.22. The quantitative estimate of drug-likeness (QED) is 0.157. The molecule has 0 amide bonds. The summed E-state index contributed by atoms with van der Waals surface area (Å²) in [6.45, 7) is 12.4. The van der Waals surface area contributed by atoms with Gasteiger partial charge in [0.25, 0.3) is 0 Å². The van der Waals surface area contributed by atoms with Crippen molar-refractivity contribution >= 4 is 48.5 Å². The summed E-state index contributed by atoms with van der Waals surface area (Å²) >= 11 is 7.05. The summed E-state index contributed by atoms with van der Waals surface area (Å²) < 4.78 is 19.2. The number of nitrogens with zero attached hydrogens (tertiary/aromatic N) is 2. The summed E-state index contributed by atoms with van der Waals surface area (Å²) in [6, 6.07) is 9.95. The maximum absolute atomic E-state index is 6.91. The lowest BCUT2D eigenvalue weighted by molar-refractivity contribution is -0.0783. The Morgan fingerprint density at radius 3 is 2.28 bits per heavy atom. The molecule has 8 heteroatoms. The van der Waals surface area contributed by atoms with Gasteiger partial charge in [-0.2, -0.15) is 5.10 Å². The zero-order valence-electron chi connectivity index (χ0n) is 19.8. The molecule has 1 heterocycles. The number of hydrazone groups is 1. The van der Waals surface area contributed by atoms with Gasteiger partial charge in [-0.05, 0) is 60.8 Å². The van der Waals surface area contributed by atoms with E-state index in [2.05, 4.69) is 46.0 Å². The summed E-state index contributed by atoms with van der Waals surface area (Å²) in [5.41, 5.74) is 0.319. The molecule has 1 saturated heterocycles. The van der Waals surface area contributed by atoms with Crippen LogP contribution in [0.25, 0.3) is 0 Å². The number of anilines is 1. The van der Waals surface area contributed by atoms with Gasteiger partial charge < -0.3 is 13.9 Å². The Labute approximate surface area is 203 Å². The molecule has 1 aromatic rings. The lowest BCUT2D eigenvalue weighted by Crippen LogP contribution is -2.50. The number of thiocarbonyl (C=S) groups is 1. The number of thioether (sulfide) groups is 1. The van der Waals surface area contributed by atoms with E-state index in [1.54, 1.807) is 5.01 Å². The van der Waals surface area contributed by atoms with Crippen LogP contribution in [-0.4, -0.2) is 49.7 Å². The normalized spacial score (nSPS) is 19.7. The molecule has 0 bridgehead atoms. The molecule has 0 unspecified atom stereocenters. The lowest BCUT2D eigenvalue weighted by Gasteiger charge is -2.44. The van der Waals surface area contributed by atoms with E-state index in [0.29, 0.717) is 24.0 Å². The second-order valence-corrected chi connectivity index (χ2v) is 15.7. The summed E-state index contributed by atoms with van der Waals surface area (Å²) in [5.74, 6) is -0.770. The van der Waals surface area contributed by atoms with Gasteiger partial charge in [0.1, 0.15) is 0 Å². The standard InChI is InChI=1S/C24H34N2O3S2Si/c1-22(2,3)32(5,6)29-23(12-14-24(15-13-23)27-18-19-28-24)16-17-25-26(21(30)31-4)20-10-8-7-9-11-20/h7-15,17H,16,18-19H2,1-6H3/b25-17+. The molecule has 1 spiro atoms. The van der Waals surface area contributed by atoms with Gasteiger partial charge in [-0.3, -0.25) is 0 Å². The van der Waals surface area contributed by atoms with Crippen molar-refractivity contribution in [1.29, 1.82) is 0 Å². The zero-order valence-corrected chi connectivity index (χ0v) is 22.5. The molecule has 0 aromatic heterocycles. The van der Waals surface area contributed by atoms with Gasteiger partial charge in [0, 0.05) is 12.6 Å². The highest BCUT2D eigenvalue weighted by Gasteiger charge is 2.45. The van der Waals surface area contributed by atoms with Crippen molar-refractivity contribution in [2.24, 2.45) is 5.10 Å². The topological polar surface area (TPSA) is 43.3 Å². The Hall–Kier alpha value is -1.29. The number of hydrogen-bond acceptors (Lipinski definition) is 6. The van der Waals surface area contributed by atoms with Gasteiger partial charge in [0.15, 0.2) is 12.6 Å². The summed E-state index contributed by atoms with van der Waals surface area (Å²) in [7, 11) is -2.07. The van der Waals surface area contributed by atoms with Crippen molar-refractivity contribution in [2.45, 2.75) is 56.7 Å². The molecule has 174 valence electrons. The molecular weight excluding hydrogens is 456 g/mol. The number of rotatable bonds is 6. The van der Waals surface area contributed by atoms with Crippen molar-refractivity contribution < 1.29 is 13.9 Å². The Balaban J connectivity index is 1.87. The molecule has 0 radical (unpaired) electrons. The fourth-order valence-electron chi connectivity index (χ4n) is 3.28. The highest BCUT2D eigenvalue weighted by Crippen LogP contribution is 2.42. The summed E-state index contributed by atoms with van der Waals surface area (Å²) in [4.78, 5) is 0. The summed E-state index contributed by atoms with van der Waals surface area (Å²) in [5, 5.41) is 6.60. The molecule has 32 heavy (non-hydrogen) atoms. The van der Waals surface area contributed by atoms with E-state index in [9.17, 15) is 0 Å². The molecular formula is C24H34N2O3S2Si. The van der Waals surface area contributed by atoms with Crippen LogP contribution in [-0.2, 0) is 13.9 Å². The van der Waals surface area contributed by atoms with E-state index in [-0.39, 0.29) is 5.04 Å². The molecule has 5 nitrogen and oxygen atoms in total. The van der Waals surface area contributed by atoms with E-state index >= 15 is 0 Å². The maximum atomic E-state index is 6.91. The van der Waals surface area contributed by atoms with Gasteiger partial charge in [-0.1, -0.05) is 63.0 Å². The molecule has 0 atom stereocenters. The number of para-hydroxylation sites is 1. The molecule has 1 aromatic carbocycles. The first-order chi connectivity index (χ1) is 15.0. The Kier molecular flexibility index (Phi) is 7.84. The third-order valence-electron chi connectivity index (χ3n) is 6.14. The van der Waals surface area contributed by atoms with E-state index in [1.165, 1.54) is 11.8 Å². The van der Waals surface area contributed by atoms with Crippen molar-refractivity contribution in [3.8, 4) is 0 Å². The number of hydrogen-bond donors (Lipinski definition) is 0.